The molecule has 0 atom stereocenters. The van der Waals surface area contributed by atoms with Crippen LogP contribution in [0.2, 0.25) is 0 Å². The Kier molecular flexibility index (Phi) is 3.73. The molecule has 6 nitrogen and oxygen atoms in total. The zero-order valence-electron chi connectivity index (χ0n) is 13.2. The van der Waals surface area contributed by atoms with Crippen molar-refractivity contribution >= 4 is 33.2 Å². The van der Waals surface area contributed by atoms with Crippen molar-refractivity contribution in [2.24, 2.45) is 0 Å². The highest BCUT2D eigenvalue weighted by atomic mass is 32.1. The van der Waals surface area contributed by atoms with E-state index in [0.717, 1.165) is 10.2 Å². The van der Waals surface area contributed by atoms with Gasteiger partial charge in [0, 0.05) is 30.7 Å². The molecule has 1 aromatic carbocycles. The zero-order chi connectivity index (χ0) is 17.4. The minimum absolute atomic E-state index is 0.358. The summed E-state index contributed by atoms with van der Waals surface area (Å²) < 4.78 is 15.5. The number of halogens is 1. The predicted molar refractivity (Wildman–Crippen MR) is 97.8 cm³/mol. The van der Waals surface area contributed by atoms with Gasteiger partial charge in [0.05, 0.1) is 21.5 Å². The van der Waals surface area contributed by atoms with Crippen LogP contribution in [0.25, 0.3) is 32.0 Å². The van der Waals surface area contributed by atoms with Crippen LogP contribution in [0, 0.1) is 5.95 Å². The number of nitrogen functional groups attached to an aromatic ring is 1. The molecular formula is C17H13FN6S. The number of pyridine rings is 1. The van der Waals surface area contributed by atoms with Crippen molar-refractivity contribution in [3.05, 3.63) is 48.7 Å². The van der Waals surface area contributed by atoms with Crippen LogP contribution in [0.3, 0.4) is 0 Å². The second-order valence-electron chi connectivity index (χ2n) is 5.33. The molecule has 0 aliphatic carbocycles. The topological polar surface area (TPSA) is 89.6 Å². The quantitative estimate of drug-likeness (QED) is 0.433. The molecule has 4 rings (SSSR count). The van der Waals surface area contributed by atoms with Crippen LogP contribution in [-0.4, -0.2) is 27.0 Å². The maximum Gasteiger partial charge on any atom is 0.223 e. The van der Waals surface area contributed by atoms with E-state index in [2.05, 4.69) is 25.3 Å². The van der Waals surface area contributed by atoms with Crippen molar-refractivity contribution in [3.63, 3.8) is 0 Å². The van der Waals surface area contributed by atoms with E-state index in [0.29, 0.717) is 33.5 Å². The highest BCUT2D eigenvalue weighted by molar-refractivity contribution is 7.21. The second-order valence-corrected chi connectivity index (χ2v) is 6.36. The molecule has 4 aromatic rings. The summed E-state index contributed by atoms with van der Waals surface area (Å²) in [6.07, 6.45) is 3.20. The number of fused-ring (bicyclic) bond motifs is 1. The molecule has 0 unspecified atom stereocenters. The summed E-state index contributed by atoms with van der Waals surface area (Å²) in [5.74, 6) is -0.0863. The van der Waals surface area contributed by atoms with E-state index in [1.807, 2.05) is 12.1 Å². The Hall–Kier alpha value is -3.13. The maximum absolute atomic E-state index is 14.6. The summed E-state index contributed by atoms with van der Waals surface area (Å²) in [6, 6.07) is 8.83. The Balaban J connectivity index is 1.73. The molecule has 3 N–H and O–H groups in total. The normalized spacial score (nSPS) is 11.0. The summed E-state index contributed by atoms with van der Waals surface area (Å²) in [4.78, 5) is 16.7. The van der Waals surface area contributed by atoms with Crippen LogP contribution in [0.15, 0.2) is 42.7 Å². The molecule has 0 aliphatic rings. The number of hydrogen-bond donors (Lipinski definition) is 2. The minimum Gasteiger partial charge on any atom is -0.399 e. The summed E-state index contributed by atoms with van der Waals surface area (Å²) >= 11 is 1.38. The van der Waals surface area contributed by atoms with E-state index in [4.69, 9.17) is 5.73 Å². The van der Waals surface area contributed by atoms with E-state index in [1.54, 1.807) is 37.6 Å². The standard InChI is InChI=1S/C17H13FN6S/c1-20-17-21-7-9(8-22-17)12-5-3-11(15(18)23-12)16-24-13-4-2-10(19)6-14(13)25-16/h2-8H,19H2,1H3,(H,20,21,22). The summed E-state index contributed by atoms with van der Waals surface area (Å²) in [5.41, 5.74) is 8.69. The first-order valence-electron chi connectivity index (χ1n) is 7.47. The van der Waals surface area contributed by atoms with Crippen molar-refractivity contribution in [2.75, 3.05) is 18.1 Å². The second kappa shape index (κ2) is 6.06. The SMILES string of the molecule is CNc1ncc(-c2ccc(-c3nc4ccc(N)cc4s3)c(F)n2)cn1. The first-order valence-corrected chi connectivity index (χ1v) is 8.29. The van der Waals surface area contributed by atoms with Crippen LogP contribution in [0.4, 0.5) is 16.0 Å². The average Bonchev–Trinajstić information content (AvgIpc) is 3.04. The van der Waals surface area contributed by atoms with Gasteiger partial charge in [-0.3, -0.25) is 0 Å². The highest BCUT2D eigenvalue weighted by Gasteiger charge is 2.14. The van der Waals surface area contributed by atoms with E-state index in [1.165, 1.54) is 11.3 Å². The van der Waals surface area contributed by atoms with Gasteiger partial charge in [-0.05, 0) is 30.3 Å². The third-order valence-corrected chi connectivity index (χ3v) is 4.71. The Morgan fingerprint density at radius 3 is 2.60 bits per heavy atom. The van der Waals surface area contributed by atoms with Gasteiger partial charge in [0.15, 0.2) is 0 Å². The van der Waals surface area contributed by atoms with Gasteiger partial charge in [0.25, 0.3) is 0 Å². The first-order chi connectivity index (χ1) is 12.1. The van der Waals surface area contributed by atoms with Crippen molar-refractivity contribution in [3.8, 4) is 21.8 Å². The fourth-order valence-electron chi connectivity index (χ4n) is 2.40. The van der Waals surface area contributed by atoms with Gasteiger partial charge in [-0.2, -0.15) is 4.39 Å². The number of rotatable bonds is 3. The Morgan fingerprint density at radius 1 is 1.08 bits per heavy atom. The van der Waals surface area contributed by atoms with E-state index in [-0.39, 0.29) is 0 Å². The van der Waals surface area contributed by atoms with Gasteiger partial charge in [-0.25, -0.2) is 19.9 Å². The number of nitrogens with one attached hydrogen (secondary N) is 1. The third-order valence-electron chi connectivity index (χ3n) is 3.66. The smallest absolute Gasteiger partial charge is 0.223 e. The van der Waals surface area contributed by atoms with Crippen LogP contribution >= 0.6 is 11.3 Å². The molecule has 0 amide bonds. The third kappa shape index (κ3) is 2.87. The Morgan fingerprint density at radius 2 is 1.88 bits per heavy atom. The summed E-state index contributed by atoms with van der Waals surface area (Å²) in [5, 5.41) is 3.40. The van der Waals surface area contributed by atoms with Crippen molar-refractivity contribution in [1.82, 2.24) is 19.9 Å². The van der Waals surface area contributed by atoms with Crippen LogP contribution in [0.1, 0.15) is 0 Å². The zero-order valence-corrected chi connectivity index (χ0v) is 14.0. The number of benzene rings is 1. The largest absolute Gasteiger partial charge is 0.399 e. The molecule has 0 fully saturated rings. The van der Waals surface area contributed by atoms with Crippen molar-refractivity contribution in [1.29, 1.82) is 0 Å². The van der Waals surface area contributed by atoms with Crippen LogP contribution < -0.4 is 11.1 Å². The van der Waals surface area contributed by atoms with Gasteiger partial charge in [0.1, 0.15) is 5.01 Å². The lowest BCUT2D eigenvalue weighted by molar-refractivity contribution is 0.589. The van der Waals surface area contributed by atoms with Crippen molar-refractivity contribution in [2.45, 2.75) is 0 Å². The monoisotopic (exact) mass is 352 g/mol. The summed E-state index contributed by atoms with van der Waals surface area (Å²) in [7, 11) is 1.73. The average molecular weight is 352 g/mol. The highest BCUT2D eigenvalue weighted by Crippen LogP contribution is 2.33. The number of thiazole rings is 1. The predicted octanol–water partition coefficient (Wildman–Crippen LogP) is 3.58. The Labute approximate surface area is 146 Å². The molecule has 0 spiro atoms. The van der Waals surface area contributed by atoms with E-state index >= 15 is 0 Å². The molecule has 0 radical (unpaired) electrons. The Bertz CT molecular complexity index is 1060. The number of nitrogens with two attached hydrogens (primary N) is 1. The van der Waals surface area contributed by atoms with Crippen LogP contribution in [0.5, 0.6) is 0 Å². The molecule has 0 saturated heterocycles. The molecule has 3 aromatic heterocycles. The minimum atomic E-state index is -0.581. The van der Waals surface area contributed by atoms with Gasteiger partial charge < -0.3 is 11.1 Å². The van der Waals surface area contributed by atoms with Gasteiger partial charge in [-0.1, -0.05) is 0 Å². The van der Waals surface area contributed by atoms with Crippen LogP contribution in [-0.2, 0) is 0 Å². The molecule has 3 heterocycles. The lowest BCUT2D eigenvalue weighted by atomic mass is 10.2. The van der Waals surface area contributed by atoms with Gasteiger partial charge in [-0.15, -0.1) is 11.3 Å². The lowest BCUT2D eigenvalue weighted by Gasteiger charge is -2.04. The molecule has 8 heteroatoms. The van der Waals surface area contributed by atoms with E-state index < -0.39 is 5.95 Å². The molecule has 0 bridgehead atoms. The number of aromatic nitrogens is 4. The molecule has 124 valence electrons. The summed E-state index contributed by atoms with van der Waals surface area (Å²) in [6.45, 7) is 0. The number of nitrogens with zero attached hydrogens (tertiary/aromatic N) is 4. The molecule has 25 heavy (non-hydrogen) atoms. The van der Waals surface area contributed by atoms with Gasteiger partial charge in [0.2, 0.25) is 11.9 Å². The van der Waals surface area contributed by atoms with Gasteiger partial charge >= 0.3 is 0 Å². The molecule has 0 aliphatic heterocycles. The van der Waals surface area contributed by atoms with E-state index in [9.17, 15) is 4.39 Å². The lowest BCUT2D eigenvalue weighted by Crippen LogP contribution is -1.97. The fraction of sp³-hybridized carbons (Fsp3) is 0.0588. The molecular weight excluding hydrogens is 339 g/mol. The first kappa shape index (κ1) is 15.4. The fourth-order valence-corrected chi connectivity index (χ4v) is 3.43. The molecule has 0 saturated carbocycles. The maximum atomic E-state index is 14.6. The number of anilines is 2. The van der Waals surface area contributed by atoms with Crippen molar-refractivity contribution < 1.29 is 4.39 Å². The number of hydrogen-bond acceptors (Lipinski definition) is 7.